The summed E-state index contributed by atoms with van der Waals surface area (Å²) in [7, 11) is -1.77. The van der Waals surface area contributed by atoms with Gasteiger partial charge in [0.05, 0.1) is 17.7 Å². The van der Waals surface area contributed by atoms with Crippen molar-refractivity contribution in [1.82, 2.24) is 5.43 Å². The monoisotopic (exact) mass is 336 g/mol. The van der Waals surface area contributed by atoms with Crippen LogP contribution >= 0.6 is 0 Å². The molecule has 1 aromatic rings. The lowest BCUT2D eigenvalue weighted by Gasteiger charge is -2.18. The van der Waals surface area contributed by atoms with E-state index in [2.05, 4.69) is 10.5 Å². The van der Waals surface area contributed by atoms with Crippen molar-refractivity contribution in [3.63, 3.8) is 0 Å². The molecule has 0 fully saturated rings. The molecule has 124 valence electrons. The van der Waals surface area contributed by atoms with Crippen LogP contribution in [0.3, 0.4) is 0 Å². The minimum atomic E-state index is -3.30. The van der Waals surface area contributed by atoms with Gasteiger partial charge in [0.1, 0.15) is 5.75 Å². The molecule has 1 N–H and O–H groups in total. The highest BCUT2D eigenvalue weighted by Crippen LogP contribution is 2.29. The number of hydrogen-bond donors (Lipinski definition) is 1. The van der Waals surface area contributed by atoms with E-state index in [9.17, 15) is 13.2 Å². The van der Waals surface area contributed by atoms with Crippen LogP contribution in [0, 0.1) is 5.92 Å². The molecular weight excluding hydrogens is 316 g/mol. The number of hydrogen-bond acceptors (Lipinski definition) is 5. The second kappa shape index (κ2) is 6.54. The largest absolute Gasteiger partial charge is 0.496 e. The predicted octanol–water partition coefficient (Wildman–Crippen LogP) is 2.01. The Kier molecular flexibility index (Phi) is 4.89. The normalized spacial score (nSPS) is 19.1. The van der Waals surface area contributed by atoms with Gasteiger partial charge in [-0.3, -0.25) is 4.79 Å². The zero-order chi connectivity index (χ0) is 17.2. The lowest BCUT2D eigenvalue weighted by molar-refractivity contribution is -0.121. The van der Waals surface area contributed by atoms with Gasteiger partial charge in [-0.2, -0.15) is 5.10 Å². The molecule has 1 amide bonds. The summed E-state index contributed by atoms with van der Waals surface area (Å²) in [5.74, 6) is 0.478. The number of carbonyl (C=O) groups is 1. The quantitative estimate of drug-likeness (QED) is 0.911. The maximum absolute atomic E-state index is 11.8. The predicted molar refractivity (Wildman–Crippen MR) is 89.1 cm³/mol. The van der Waals surface area contributed by atoms with Crippen molar-refractivity contribution in [1.29, 1.82) is 0 Å². The van der Waals surface area contributed by atoms with Gasteiger partial charge in [0.2, 0.25) is 5.91 Å². The Bertz CT molecular complexity index is 794. The molecule has 23 heavy (non-hydrogen) atoms. The van der Waals surface area contributed by atoms with Gasteiger partial charge in [-0.15, -0.1) is 0 Å². The standard InChI is InChI=1S/C16H20N2O4S/c1-10(7-14-11(2)8-16(19)18-17-14)13-9-12(23(4,20)21)5-6-15(13)22-3/h5-7,9,11H,8H2,1-4H3,(H,18,19). The number of allylic oxidation sites excluding steroid dienone is 2. The number of nitrogens with zero attached hydrogens (tertiary/aromatic N) is 1. The summed E-state index contributed by atoms with van der Waals surface area (Å²) in [5.41, 5.74) is 4.70. The number of carbonyl (C=O) groups excluding carboxylic acids is 1. The number of ether oxygens (including phenoxy) is 1. The zero-order valence-corrected chi connectivity index (χ0v) is 14.4. The van der Waals surface area contributed by atoms with E-state index in [1.807, 2.05) is 19.9 Å². The molecule has 1 aliphatic heterocycles. The Morgan fingerprint density at radius 2 is 2.13 bits per heavy atom. The Labute approximate surface area is 136 Å². The van der Waals surface area contributed by atoms with Crippen LogP contribution in [0.1, 0.15) is 25.8 Å². The van der Waals surface area contributed by atoms with E-state index in [0.29, 0.717) is 17.7 Å². The van der Waals surface area contributed by atoms with Gasteiger partial charge in [0, 0.05) is 24.2 Å². The number of hydrazone groups is 1. The topological polar surface area (TPSA) is 84.8 Å². The van der Waals surface area contributed by atoms with Crippen LogP contribution in [0.15, 0.2) is 34.3 Å². The average Bonchev–Trinajstić information content (AvgIpc) is 2.48. The molecule has 0 radical (unpaired) electrons. The van der Waals surface area contributed by atoms with Crippen LogP contribution in [0.25, 0.3) is 5.57 Å². The first-order valence-corrected chi connectivity index (χ1v) is 9.04. The molecule has 2 rings (SSSR count). The third kappa shape index (κ3) is 3.98. The van der Waals surface area contributed by atoms with Gasteiger partial charge in [0.25, 0.3) is 0 Å². The fourth-order valence-electron chi connectivity index (χ4n) is 2.37. The summed E-state index contributed by atoms with van der Waals surface area (Å²) in [4.78, 5) is 11.5. The minimum Gasteiger partial charge on any atom is -0.496 e. The van der Waals surface area contributed by atoms with Crippen molar-refractivity contribution >= 4 is 27.0 Å². The van der Waals surface area contributed by atoms with E-state index < -0.39 is 9.84 Å². The Hall–Kier alpha value is -2.15. The number of benzene rings is 1. The van der Waals surface area contributed by atoms with Crippen molar-refractivity contribution in [2.45, 2.75) is 25.2 Å². The Morgan fingerprint density at radius 3 is 2.70 bits per heavy atom. The number of nitrogens with one attached hydrogen (secondary N) is 1. The summed E-state index contributed by atoms with van der Waals surface area (Å²) in [6.07, 6.45) is 3.39. The van der Waals surface area contributed by atoms with Crippen LogP contribution in [-0.2, 0) is 14.6 Å². The molecule has 0 spiro atoms. The average molecular weight is 336 g/mol. The van der Waals surface area contributed by atoms with Crippen molar-refractivity contribution in [2.24, 2.45) is 11.0 Å². The number of sulfone groups is 1. The van der Waals surface area contributed by atoms with Crippen LogP contribution in [0.5, 0.6) is 5.75 Å². The molecule has 1 atom stereocenters. The number of rotatable bonds is 4. The molecule has 1 unspecified atom stereocenters. The lowest BCUT2D eigenvalue weighted by atomic mass is 9.96. The summed E-state index contributed by atoms with van der Waals surface area (Å²) < 4.78 is 28.8. The van der Waals surface area contributed by atoms with E-state index in [1.54, 1.807) is 12.1 Å². The van der Waals surface area contributed by atoms with Crippen molar-refractivity contribution in [2.75, 3.05) is 13.4 Å². The molecule has 7 heteroatoms. The first-order chi connectivity index (χ1) is 10.7. The second-order valence-electron chi connectivity index (χ2n) is 5.64. The molecule has 0 aliphatic carbocycles. The van der Waals surface area contributed by atoms with E-state index in [4.69, 9.17) is 4.74 Å². The Morgan fingerprint density at radius 1 is 1.43 bits per heavy atom. The fourth-order valence-corrected chi connectivity index (χ4v) is 3.01. The number of amides is 1. The fraction of sp³-hybridized carbons (Fsp3) is 0.375. The van der Waals surface area contributed by atoms with Gasteiger partial charge in [-0.25, -0.2) is 13.8 Å². The van der Waals surface area contributed by atoms with Crippen LogP contribution < -0.4 is 10.2 Å². The molecule has 1 aliphatic rings. The summed E-state index contributed by atoms with van der Waals surface area (Å²) >= 11 is 0. The highest BCUT2D eigenvalue weighted by atomic mass is 32.2. The van der Waals surface area contributed by atoms with Crippen LogP contribution in [-0.4, -0.2) is 33.4 Å². The molecule has 0 saturated carbocycles. The second-order valence-corrected chi connectivity index (χ2v) is 7.65. The van der Waals surface area contributed by atoms with Gasteiger partial charge in [0.15, 0.2) is 9.84 Å². The third-order valence-electron chi connectivity index (χ3n) is 3.69. The van der Waals surface area contributed by atoms with Crippen molar-refractivity contribution < 1.29 is 17.9 Å². The highest BCUT2D eigenvalue weighted by molar-refractivity contribution is 7.90. The van der Waals surface area contributed by atoms with Crippen molar-refractivity contribution in [3.8, 4) is 5.75 Å². The van der Waals surface area contributed by atoms with E-state index in [-0.39, 0.29) is 16.7 Å². The maximum Gasteiger partial charge on any atom is 0.240 e. The third-order valence-corrected chi connectivity index (χ3v) is 4.80. The molecule has 0 aromatic heterocycles. The first-order valence-electron chi connectivity index (χ1n) is 7.15. The minimum absolute atomic E-state index is 0.00258. The highest BCUT2D eigenvalue weighted by Gasteiger charge is 2.20. The smallest absolute Gasteiger partial charge is 0.240 e. The van der Waals surface area contributed by atoms with E-state index in [1.165, 1.54) is 19.4 Å². The molecule has 1 aromatic carbocycles. The molecule has 1 heterocycles. The molecule has 0 bridgehead atoms. The van der Waals surface area contributed by atoms with Crippen LogP contribution in [0.4, 0.5) is 0 Å². The summed E-state index contributed by atoms with van der Waals surface area (Å²) in [5, 5.41) is 4.07. The zero-order valence-electron chi connectivity index (χ0n) is 13.6. The molecule has 6 nitrogen and oxygen atoms in total. The molecular formula is C16H20N2O4S. The maximum atomic E-state index is 11.8. The van der Waals surface area contributed by atoms with Gasteiger partial charge >= 0.3 is 0 Å². The Balaban J connectivity index is 2.47. The SMILES string of the molecule is COc1ccc(S(C)(=O)=O)cc1C(C)=CC1=NNC(=O)CC1C. The first kappa shape index (κ1) is 17.2. The van der Waals surface area contributed by atoms with E-state index in [0.717, 1.165) is 11.3 Å². The molecule has 0 saturated heterocycles. The van der Waals surface area contributed by atoms with E-state index >= 15 is 0 Å². The van der Waals surface area contributed by atoms with Crippen molar-refractivity contribution in [3.05, 3.63) is 29.8 Å². The summed E-state index contributed by atoms with van der Waals surface area (Å²) in [6.45, 7) is 3.78. The van der Waals surface area contributed by atoms with Gasteiger partial charge < -0.3 is 4.74 Å². The summed E-state index contributed by atoms with van der Waals surface area (Å²) in [6, 6.07) is 4.75. The van der Waals surface area contributed by atoms with Gasteiger partial charge in [-0.05, 0) is 36.8 Å². The number of methoxy groups -OCH3 is 1. The van der Waals surface area contributed by atoms with Crippen LogP contribution in [0.2, 0.25) is 0 Å². The lowest BCUT2D eigenvalue weighted by Crippen LogP contribution is -2.30. The van der Waals surface area contributed by atoms with Gasteiger partial charge in [-0.1, -0.05) is 6.92 Å².